The van der Waals surface area contributed by atoms with Gasteiger partial charge in [0.25, 0.3) is 5.91 Å². The van der Waals surface area contributed by atoms with Crippen LogP contribution in [0.15, 0.2) is 82.9 Å². The van der Waals surface area contributed by atoms with Crippen LogP contribution in [0.25, 0.3) is 10.9 Å². The summed E-state index contributed by atoms with van der Waals surface area (Å²) in [5, 5.41) is 7.57. The zero-order valence-electron chi connectivity index (χ0n) is 21.3. The number of hydrogen-bond acceptors (Lipinski definition) is 6. The number of aromatic nitrogens is 1. The van der Waals surface area contributed by atoms with Crippen LogP contribution in [0.4, 0.5) is 0 Å². The molecule has 37 heavy (non-hydrogen) atoms. The van der Waals surface area contributed by atoms with E-state index in [-0.39, 0.29) is 17.7 Å². The third kappa shape index (κ3) is 4.76. The number of methoxy groups -OCH3 is 3. The van der Waals surface area contributed by atoms with E-state index >= 15 is 0 Å². The molecule has 8 heteroatoms. The lowest BCUT2D eigenvalue weighted by atomic mass is 9.97. The largest absolute Gasteiger partial charge is 0.497 e. The number of carbonyl (C=O) groups excluding carboxylic acids is 1. The summed E-state index contributed by atoms with van der Waals surface area (Å²) in [6.45, 7) is 0. The number of nitrogens with zero attached hydrogens (tertiary/aromatic N) is 3. The minimum absolute atomic E-state index is 0.0729. The SMILES string of the molecule is COc1ccc(C2=NN(C(=O)CSc3cn(C)c4ccccc34)C(c3cccc(OC)c3OC)C2)cc1. The molecule has 0 radical (unpaired) electrons. The smallest absolute Gasteiger partial charge is 0.253 e. The molecule has 1 aliphatic rings. The van der Waals surface area contributed by atoms with E-state index in [1.807, 2.05) is 61.6 Å². The third-order valence-corrected chi connectivity index (χ3v) is 7.62. The second-order valence-electron chi connectivity index (χ2n) is 8.73. The number of para-hydroxylation sites is 2. The molecule has 2 heterocycles. The number of benzene rings is 3. The Kier molecular flexibility index (Phi) is 7.10. The summed E-state index contributed by atoms with van der Waals surface area (Å²) >= 11 is 1.53. The van der Waals surface area contributed by atoms with E-state index in [0.717, 1.165) is 38.4 Å². The Balaban J connectivity index is 1.47. The van der Waals surface area contributed by atoms with Gasteiger partial charge in [-0.15, -0.1) is 11.8 Å². The van der Waals surface area contributed by atoms with Gasteiger partial charge in [-0.05, 0) is 42.0 Å². The molecular formula is C29H29N3O4S. The lowest BCUT2D eigenvalue weighted by molar-refractivity contribution is -0.130. The highest BCUT2D eigenvalue weighted by molar-refractivity contribution is 8.00. The lowest BCUT2D eigenvalue weighted by Crippen LogP contribution is -2.28. The number of thioether (sulfide) groups is 1. The van der Waals surface area contributed by atoms with Crippen LogP contribution >= 0.6 is 11.8 Å². The van der Waals surface area contributed by atoms with Gasteiger partial charge in [-0.1, -0.05) is 30.3 Å². The summed E-state index contributed by atoms with van der Waals surface area (Å²) in [6, 6.07) is 21.4. The van der Waals surface area contributed by atoms with Crippen LogP contribution in [0.2, 0.25) is 0 Å². The number of carbonyl (C=O) groups is 1. The molecule has 1 amide bonds. The second kappa shape index (κ2) is 10.6. The summed E-state index contributed by atoms with van der Waals surface area (Å²) in [6.07, 6.45) is 2.63. The predicted molar refractivity (Wildman–Crippen MR) is 147 cm³/mol. The molecule has 0 bridgehead atoms. The van der Waals surface area contributed by atoms with Gasteiger partial charge in [0.1, 0.15) is 5.75 Å². The van der Waals surface area contributed by atoms with Crippen molar-refractivity contribution in [1.29, 1.82) is 0 Å². The van der Waals surface area contributed by atoms with Gasteiger partial charge >= 0.3 is 0 Å². The van der Waals surface area contributed by atoms with Gasteiger partial charge in [-0.2, -0.15) is 5.10 Å². The maximum absolute atomic E-state index is 13.7. The van der Waals surface area contributed by atoms with Crippen molar-refractivity contribution in [3.63, 3.8) is 0 Å². The highest BCUT2D eigenvalue weighted by atomic mass is 32.2. The fourth-order valence-electron chi connectivity index (χ4n) is 4.74. The Hall–Kier alpha value is -3.91. The summed E-state index contributed by atoms with van der Waals surface area (Å²) in [5.74, 6) is 2.19. The Morgan fingerprint density at radius 1 is 0.973 bits per heavy atom. The summed E-state index contributed by atoms with van der Waals surface area (Å²) in [4.78, 5) is 14.7. The number of ether oxygens (including phenoxy) is 3. The summed E-state index contributed by atoms with van der Waals surface area (Å²) in [5.41, 5.74) is 3.78. The van der Waals surface area contributed by atoms with Crippen molar-refractivity contribution in [2.45, 2.75) is 17.4 Å². The maximum Gasteiger partial charge on any atom is 0.253 e. The molecule has 1 aromatic heterocycles. The maximum atomic E-state index is 13.7. The van der Waals surface area contributed by atoms with E-state index in [0.29, 0.717) is 17.9 Å². The first kappa shape index (κ1) is 24.8. The molecule has 1 unspecified atom stereocenters. The monoisotopic (exact) mass is 515 g/mol. The van der Waals surface area contributed by atoms with Crippen LogP contribution in [-0.4, -0.2) is 48.3 Å². The van der Waals surface area contributed by atoms with Crippen LogP contribution in [0, 0.1) is 0 Å². The van der Waals surface area contributed by atoms with Gasteiger partial charge < -0.3 is 18.8 Å². The first-order valence-corrected chi connectivity index (χ1v) is 12.9. The van der Waals surface area contributed by atoms with E-state index < -0.39 is 0 Å². The van der Waals surface area contributed by atoms with Crippen molar-refractivity contribution >= 4 is 34.3 Å². The normalized spacial score (nSPS) is 15.1. The third-order valence-electron chi connectivity index (χ3n) is 6.59. The molecule has 0 saturated heterocycles. The molecule has 0 aliphatic carbocycles. The van der Waals surface area contributed by atoms with Crippen LogP contribution in [0.3, 0.4) is 0 Å². The molecule has 0 fully saturated rings. The van der Waals surface area contributed by atoms with E-state index in [9.17, 15) is 4.79 Å². The first-order valence-electron chi connectivity index (χ1n) is 12.0. The van der Waals surface area contributed by atoms with Crippen LogP contribution < -0.4 is 14.2 Å². The number of amides is 1. The average molecular weight is 516 g/mol. The van der Waals surface area contributed by atoms with Crippen molar-refractivity contribution in [2.24, 2.45) is 12.1 Å². The number of aryl methyl sites for hydroxylation is 1. The number of hydrogen-bond donors (Lipinski definition) is 0. The fraction of sp³-hybridized carbons (Fsp3) is 0.241. The molecule has 3 aromatic carbocycles. The predicted octanol–water partition coefficient (Wildman–Crippen LogP) is 5.67. The summed E-state index contributed by atoms with van der Waals surface area (Å²) in [7, 11) is 6.88. The topological polar surface area (TPSA) is 65.3 Å². The molecule has 1 aliphatic heterocycles. The zero-order valence-corrected chi connectivity index (χ0v) is 22.1. The lowest BCUT2D eigenvalue weighted by Gasteiger charge is -2.24. The van der Waals surface area contributed by atoms with E-state index in [4.69, 9.17) is 19.3 Å². The Labute approximate surface area is 220 Å². The van der Waals surface area contributed by atoms with Crippen molar-refractivity contribution in [3.8, 4) is 17.2 Å². The van der Waals surface area contributed by atoms with Crippen LogP contribution in [0.5, 0.6) is 17.2 Å². The molecule has 1 atom stereocenters. The molecule has 5 rings (SSSR count). The van der Waals surface area contributed by atoms with Crippen LogP contribution in [0.1, 0.15) is 23.6 Å². The Morgan fingerprint density at radius 2 is 1.76 bits per heavy atom. The second-order valence-corrected chi connectivity index (χ2v) is 9.74. The van der Waals surface area contributed by atoms with Crippen molar-refractivity contribution in [2.75, 3.05) is 27.1 Å². The molecular weight excluding hydrogens is 486 g/mol. The van der Waals surface area contributed by atoms with Gasteiger partial charge in [-0.3, -0.25) is 4.79 Å². The number of fused-ring (bicyclic) bond motifs is 1. The van der Waals surface area contributed by atoms with Crippen molar-refractivity contribution < 1.29 is 19.0 Å². The van der Waals surface area contributed by atoms with Crippen molar-refractivity contribution in [1.82, 2.24) is 9.58 Å². The van der Waals surface area contributed by atoms with Gasteiger partial charge in [-0.25, -0.2) is 5.01 Å². The minimum Gasteiger partial charge on any atom is -0.497 e. The number of rotatable bonds is 8. The Morgan fingerprint density at radius 3 is 2.49 bits per heavy atom. The van der Waals surface area contributed by atoms with Gasteiger partial charge in [0.2, 0.25) is 0 Å². The van der Waals surface area contributed by atoms with E-state index in [1.165, 1.54) is 11.8 Å². The average Bonchev–Trinajstić information content (AvgIpc) is 3.53. The highest BCUT2D eigenvalue weighted by Crippen LogP contribution is 2.42. The first-order chi connectivity index (χ1) is 18.0. The fourth-order valence-corrected chi connectivity index (χ4v) is 5.71. The highest BCUT2D eigenvalue weighted by Gasteiger charge is 2.35. The molecule has 190 valence electrons. The quantitative estimate of drug-likeness (QED) is 0.283. The van der Waals surface area contributed by atoms with Crippen LogP contribution in [-0.2, 0) is 11.8 Å². The molecule has 7 nitrogen and oxygen atoms in total. The van der Waals surface area contributed by atoms with Gasteiger partial charge in [0.15, 0.2) is 11.5 Å². The molecule has 0 N–H and O–H groups in total. The zero-order chi connectivity index (χ0) is 25.9. The molecule has 4 aromatic rings. The Bertz CT molecular complexity index is 1460. The van der Waals surface area contributed by atoms with Gasteiger partial charge in [0.05, 0.1) is 38.8 Å². The van der Waals surface area contributed by atoms with E-state index in [2.05, 4.69) is 22.9 Å². The minimum atomic E-state index is -0.317. The molecule has 0 spiro atoms. The van der Waals surface area contributed by atoms with Crippen molar-refractivity contribution in [3.05, 3.63) is 84.1 Å². The number of hydrazone groups is 1. The van der Waals surface area contributed by atoms with E-state index in [1.54, 1.807) is 26.3 Å². The summed E-state index contributed by atoms with van der Waals surface area (Å²) < 4.78 is 18.6. The molecule has 0 saturated carbocycles. The van der Waals surface area contributed by atoms with Gasteiger partial charge in [0, 0.05) is 41.0 Å². The standard InChI is InChI=1S/C29H29N3O4S/c1-31-17-27(21-8-5-6-10-24(21)31)37-18-28(33)32-25(22-9-7-11-26(35-3)29(22)36-4)16-23(30-32)19-12-14-20(34-2)15-13-19/h5-15,17,25H,16,18H2,1-4H3.